The number of aryl methyl sites for hydroxylation is 1. The fraction of sp³-hybridized carbons (Fsp3) is 0.333. The molecule has 3 nitrogen and oxygen atoms in total. The Morgan fingerprint density at radius 2 is 2.00 bits per heavy atom. The number of hydrogen-bond acceptors (Lipinski definition) is 4. The van der Waals surface area contributed by atoms with Crippen molar-refractivity contribution in [3.05, 3.63) is 70.4 Å². The molecule has 1 aliphatic heterocycles. The number of halogens is 1. The number of thiophene rings is 1. The van der Waals surface area contributed by atoms with Gasteiger partial charge in [0.05, 0.1) is 0 Å². The van der Waals surface area contributed by atoms with Gasteiger partial charge >= 0.3 is 0 Å². The average Bonchev–Trinajstić information content (AvgIpc) is 3.11. The maximum atomic E-state index is 13.1. The summed E-state index contributed by atoms with van der Waals surface area (Å²) in [5.41, 5.74) is 3.55. The molecule has 3 heterocycles. The number of nitrogens with zero attached hydrogens (tertiary/aromatic N) is 3. The Morgan fingerprint density at radius 1 is 1.15 bits per heavy atom. The van der Waals surface area contributed by atoms with Gasteiger partial charge in [0.1, 0.15) is 11.6 Å². The van der Waals surface area contributed by atoms with Gasteiger partial charge in [-0.25, -0.2) is 14.4 Å². The van der Waals surface area contributed by atoms with Gasteiger partial charge in [0.15, 0.2) is 0 Å². The number of fused-ring (bicyclic) bond motifs is 1. The van der Waals surface area contributed by atoms with E-state index in [1.807, 2.05) is 18.3 Å². The van der Waals surface area contributed by atoms with Crippen molar-refractivity contribution in [3.8, 4) is 10.4 Å². The lowest BCUT2D eigenvalue weighted by atomic mass is 10.1. The normalized spacial score (nSPS) is 14.4. The fourth-order valence-electron chi connectivity index (χ4n) is 3.35. The van der Waals surface area contributed by atoms with E-state index in [1.165, 1.54) is 33.1 Å². The van der Waals surface area contributed by atoms with Crippen LogP contribution in [0.1, 0.15) is 35.3 Å². The van der Waals surface area contributed by atoms with Crippen molar-refractivity contribution in [2.45, 2.75) is 39.3 Å². The molecule has 26 heavy (non-hydrogen) atoms. The molecule has 0 bridgehead atoms. The van der Waals surface area contributed by atoms with Gasteiger partial charge in [0.25, 0.3) is 0 Å². The van der Waals surface area contributed by atoms with Crippen LogP contribution in [0.4, 0.5) is 4.39 Å². The van der Waals surface area contributed by atoms with E-state index in [-0.39, 0.29) is 5.82 Å². The molecule has 0 atom stereocenters. The van der Waals surface area contributed by atoms with Gasteiger partial charge in [-0.1, -0.05) is 19.1 Å². The quantitative estimate of drug-likeness (QED) is 0.645. The van der Waals surface area contributed by atoms with Crippen LogP contribution in [0.25, 0.3) is 10.4 Å². The summed E-state index contributed by atoms with van der Waals surface area (Å²) in [5.74, 6) is 0.781. The van der Waals surface area contributed by atoms with E-state index in [4.69, 9.17) is 4.98 Å². The van der Waals surface area contributed by atoms with Crippen molar-refractivity contribution in [1.29, 1.82) is 0 Å². The molecule has 0 spiro atoms. The van der Waals surface area contributed by atoms with Crippen LogP contribution in [0.2, 0.25) is 0 Å². The van der Waals surface area contributed by atoms with E-state index < -0.39 is 0 Å². The van der Waals surface area contributed by atoms with Gasteiger partial charge in [0.2, 0.25) is 0 Å². The van der Waals surface area contributed by atoms with Crippen molar-refractivity contribution < 1.29 is 4.39 Å². The van der Waals surface area contributed by atoms with Gasteiger partial charge in [-0.05, 0) is 36.2 Å². The third-order valence-corrected chi connectivity index (χ3v) is 5.83. The van der Waals surface area contributed by atoms with Crippen LogP contribution < -0.4 is 0 Å². The van der Waals surface area contributed by atoms with Gasteiger partial charge in [-0.15, -0.1) is 11.3 Å². The van der Waals surface area contributed by atoms with Crippen LogP contribution in [-0.4, -0.2) is 21.4 Å². The van der Waals surface area contributed by atoms with E-state index in [0.29, 0.717) is 0 Å². The third-order valence-electron chi connectivity index (χ3n) is 4.71. The van der Waals surface area contributed by atoms with Gasteiger partial charge < -0.3 is 0 Å². The first-order valence-corrected chi connectivity index (χ1v) is 9.93. The topological polar surface area (TPSA) is 29.0 Å². The van der Waals surface area contributed by atoms with E-state index in [9.17, 15) is 4.39 Å². The zero-order valence-corrected chi connectivity index (χ0v) is 15.7. The Hall–Kier alpha value is -2.11. The zero-order valence-electron chi connectivity index (χ0n) is 14.9. The summed E-state index contributed by atoms with van der Waals surface area (Å²) in [7, 11) is 0. The van der Waals surface area contributed by atoms with Crippen molar-refractivity contribution in [1.82, 2.24) is 14.9 Å². The molecule has 1 aromatic carbocycles. The van der Waals surface area contributed by atoms with Crippen LogP contribution >= 0.6 is 11.3 Å². The Bertz CT molecular complexity index is 889. The van der Waals surface area contributed by atoms with E-state index in [0.717, 1.165) is 50.3 Å². The monoisotopic (exact) mass is 367 g/mol. The second-order valence-electron chi connectivity index (χ2n) is 6.74. The average molecular weight is 367 g/mol. The highest BCUT2D eigenvalue weighted by atomic mass is 32.1. The van der Waals surface area contributed by atoms with E-state index >= 15 is 0 Å². The molecule has 0 aliphatic carbocycles. The smallest absolute Gasteiger partial charge is 0.128 e. The lowest BCUT2D eigenvalue weighted by molar-refractivity contribution is 0.244. The predicted octanol–water partition coefficient (Wildman–Crippen LogP) is 4.86. The van der Waals surface area contributed by atoms with Crippen molar-refractivity contribution in [2.24, 2.45) is 0 Å². The Morgan fingerprint density at radius 3 is 2.81 bits per heavy atom. The van der Waals surface area contributed by atoms with Gasteiger partial charge in [-0.3, -0.25) is 4.90 Å². The first-order valence-electron chi connectivity index (χ1n) is 9.12. The first kappa shape index (κ1) is 17.3. The number of benzene rings is 1. The molecule has 0 unspecified atom stereocenters. The Balaban J connectivity index is 1.43. The van der Waals surface area contributed by atoms with Crippen molar-refractivity contribution in [3.63, 3.8) is 0 Å². The fourth-order valence-corrected chi connectivity index (χ4v) is 4.40. The molecule has 134 valence electrons. The predicted molar refractivity (Wildman–Crippen MR) is 104 cm³/mol. The molecule has 0 saturated heterocycles. The molecule has 1 aliphatic rings. The highest BCUT2D eigenvalue weighted by Crippen LogP contribution is 2.30. The molecule has 3 aromatic rings. The van der Waals surface area contributed by atoms with E-state index in [1.54, 1.807) is 11.3 Å². The van der Waals surface area contributed by atoms with Gasteiger partial charge in [0, 0.05) is 59.7 Å². The highest BCUT2D eigenvalue weighted by Gasteiger charge is 2.19. The minimum atomic E-state index is -0.193. The first-order chi connectivity index (χ1) is 12.7. The largest absolute Gasteiger partial charge is 0.293 e. The maximum Gasteiger partial charge on any atom is 0.128 e. The van der Waals surface area contributed by atoms with Crippen LogP contribution in [0.3, 0.4) is 0 Å². The molecule has 0 radical (unpaired) electrons. The summed E-state index contributed by atoms with van der Waals surface area (Å²) in [4.78, 5) is 14.2. The Kier molecular flexibility index (Phi) is 5.09. The summed E-state index contributed by atoms with van der Waals surface area (Å²) in [6.45, 7) is 5.03. The summed E-state index contributed by atoms with van der Waals surface area (Å²) in [5, 5.41) is 0. The molecular weight excluding hydrogens is 345 g/mol. The molecule has 2 aromatic heterocycles. The second kappa shape index (κ2) is 7.64. The maximum absolute atomic E-state index is 13.1. The molecule has 0 N–H and O–H groups in total. The van der Waals surface area contributed by atoms with Crippen molar-refractivity contribution in [2.75, 3.05) is 6.54 Å². The van der Waals surface area contributed by atoms with E-state index in [2.05, 4.69) is 28.9 Å². The van der Waals surface area contributed by atoms with Crippen molar-refractivity contribution >= 4 is 11.3 Å². The number of hydrogen-bond donors (Lipinski definition) is 0. The summed E-state index contributed by atoms with van der Waals surface area (Å²) >= 11 is 1.78. The lowest BCUT2D eigenvalue weighted by Gasteiger charge is -2.27. The summed E-state index contributed by atoms with van der Waals surface area (Å²) < 4.78 is 13.1. The molecule has 5 heteroatoms. The zero-order chi connectivity index (χ0) is 17.9. The molecule has 0 fully saturated rings. The molecule has 0 amide bonds. The molecule has 4 rings (SSSR count). The Labute approximate surface area is 157 Å². The summed E-state index contributed by atoms with van der Waals surface area (Å²) in [6.07, 6.45) is 5.04. The second-order valence-corrected chi connectivity index (χ2v) is 7.91. The van der Waals surface area contributed by atoms with Crippen LogP contribution in [0, 0.1) is 5.82 Å². The summed E-state index contributed by atoms with van der Waals surface area (Å²) in [6, 6.07) is 11.0. The van der Waals surface area contributed by atoms with Crippen LogP contribution in [0.15, 0.2) is 42.6 Å². The lowest BCUT2D eigenvalue weighted by Crippen LogP contribution is -2.30. The van der Waals surface area contributed by atoms with Gasteiger partial charge in [-0.2, -0.15) is 0 Å². The number of rotatable bonds is 5. The molecular formula is C21H22FN3S. The van der Waals surface area contributed by atoms with Crippen LogP contribution in [-0.2, 0) is 25.9 Å². The standard InChI is InChI=1S/C21H22FN3S/c1-2-3-21-23-12-16-13-25(11-10-19(16)24-21)14-18-8-9-20(26-18)15-4-6-17(22)7-5-15/h4-9,12H,2-3,10-11,13-14H2,1H3. The third kappa shape index (κ3) is 3.84. The minimum Gasteiger partial charge on any atom is -0.293 e. The highest BCUT2D eigenvalue weighted by molar-refractivity contribution is 7.15. The number of aromatic nitrogens is 2. The van der Waals surface area contributed by atoms with Crippen LogP contribution in [0.5, 0.6) is 0 Å². The minimum absolute atomic E-state index is 0.193. The SMILES string of the molecule is CCCc1ncc2c(n1)CCN(Cc1ccc(-c3ccc(F)cc3)s1)C2. The molecule has 0 saturated carbocycles.